The molecule has 0 radical (unpaired) electrons. The van der Waals surface area contributed by atoms with Crippen molar-refractivity contribution >= 4 is 5.96 Å². The van der Waals surface area contributed by atoms with Gasteiger partial charge in [-0.05, 0) is 32.1 Å². The lowest BCUT2D eigenvalue weighted by atomic mass is 10.0. The molecular weight excluding hydrogens is 278 g/mol. The Morgan fingerprint density at radius 1 is 1.23 bits per heavy atom. The van der Waals surface area contributed by atoms with Gasteiger partial charge in [0.05, 0.1) is 0 Å². The fourth-order valence-corrected chi connectivity index (χ4v) is 3.01. The predicted molar refractivity (Wildman–Crippen MR) is 87.9 cm³/mol. The molecule has 0 aliphatic heterocycles. The number of aromatic nitrogens is 2. The summed E-state index contributed by atoms with van der Waals surface area (Å²) in [7, 11) is 1.81. The first kappa shape index (κ1) is 16.8. The first-order valence-electron chi connectivity index (χ1n) is 8.51. The van der Waals surface area contributed by atoms with E-state index >= 15 is 0 Å². The van der Waals surface area contributed by atoms with Gasteiger partial charge in [0.25, 0.3) is 0 Å². The van der Waals surface area contributed by atoms with Crippen molar-refractivity contribution in [2.45, 2.75) is 58.3 Å². The molecule has 0 aromatic carbocycles. The number of rotatable bonds is 8. The molecule has 0 saturated heterocycles. The highest BCUT2D eigenvalue weighted by Gasteiger charge is 2.13. The zero-order valence-corrected chi connectivity index (χ0v) is 13.9. The molecule has 1 aromatic heterocycles. The summed E-state index contributed by atoms with van der Waals surface area (Å²) < 4.78 is 5.09. The Balaban J connectivity index is 1.51. The van der Waals surface area contributed by atoms with Gasteiger partial charge in [-0.2, -0.15) is 4.98 Å². The standard InChI is InChI=1S/C16H29N5O/c1-13-20-15(22-21-13)10-6-12-19-16(17-2)18-11-5-9-14-7-3-4-8-14/h14H,3-12H2,1-2H3,(H2,17,18,19). The zero-order valence-electron chi connectivity index (χ0n) is 13.9. The van der Waals surface area contributed by atoms with Crippen molar-refractivity contribution in [1.82, 2.24) is 20.8 Å². The van der Waals surface area contributed by atoms with Crippen molar-refractivity contribution in [2.24, 2.45) is 10.9 Å². The summed E-state index contributed by atoms with van der Waals surface area (Å²) in [6.45, 7) is 3.69. The van der Waals surface area contributed by atoms with Crippen LogP contribution < -0.4 is 10.6 Å². The average molecular weight is 307 g/mol. The lowest BCUT2D eigenvalue weighted by Crippen LogP contribution is -2.38. The highest BCUT2D eigenvalue weighted by atomic mass is 16.5. The van der Waals surface area contributed by atoms with Gasteiger partial charge in [0.2, 0.25) is 5.89 Å². The highest BCUT2D eigenvalue weighted by molar-refractivity contribution is 5.79. The molecular formula is C16H29N5O. The molecule has 1 aliphatic carbocycles. The quantitative estimate of drug-likeness (QED) is 0.438. The number of nitrogens with zero attached hydrogens (tertiary/aromatic N) is 3. The summed E-state index contributed by atoms with van der Waals surface area (Å²) in [5.74, 6) is 3.25. The van der Waals surface area contributed by atoms with Crippen LogP contribution in [0.3, 0.4) is 0 Å². The Kier molecular flexibility index (Phi) is 7.19. The highest BCUT2D eigenvalue weighted by Crippen LogP contribution is 2.28. The van der Waals surface area contributed by atoms with Gasteiger partial charge in [0.1, 0.15) is 0 Å². The molecule has 1 saturated carbocycles. The minimum Gasteiger partial charge on any atom is -0.356 e. The Hall–Kier alpha value is -1.59. The van der Waals surface area contributed by atoms with Crippen LogP contribution in [0.4, 0.5) is 0 Å². The van der Waals surface area contributed by atoms with Crippen molar-refractivity contribution in [3.05, 3.63) is 11.7 Å². The van der Waals surface area contributed by atoms with Crippen LogP contribution >= 0.6 is 0 Å². The second-order valence-corrected chi connectivity index (χ2v) is 6.06. The third-order valence-electron chi connectivity index (χ3n) is 4.21. The topological polar surface area (TPSA) is 75.3 Å². The van der Waals surface area contributed by atoms with Crippen LogP contribution in [0, 0.1) is 12.8 Å². The number of guanidine groups is 1. The Morgan fingerprint density at radius 2 is 1.95 bits per heavy atom. The van der Waals surface area contributed by atoms with Crippen molar-refractivity contribution in [2.75, 3.05) is 20.1 Å². The Bertz CT molecular complexity index is 451. The van der Waals surface area contributed by atoms with Crippen LogP contribution in [-0.4, -0.2) is 36.2 Å². The molecule has 0 bridgehead atoms. The van der Waals surface area contributed by atoms with E-state index in [9.17, 15) is 0 Å². The van der Waals surface area contributed by atoms with Crippen LogP contribution in [0.5, 0.6) is 0 Å². The van der Waals surface area contributed by atoms with E-state index in [-0.39, 0.29) is 0 Å². The van der Waals surface area contributed by atoms with E-state index in [1.54, 1.807) is 0 Å². The lowest BCUT2D eigenvalue weighted by molar-refractivity contribution is 0.372. The largest absolute Gasteiger partial charge is 0.356 e. The zero-order chi connectivity index (χ0) is 15.6. The van der Waals surface area contributed by atoms with Gasteiger partial charge in [-0.15, -0.1) is 0 Å². The molecule has 1 aromatic rings. The summed E-state index contributed by atoms with van der Waals surface area (Å²) in [5.41, 5.74) is 0. The van der Waals surface area contributed by atoms with Crippen molar-refractivity contribution < 1.29 is 4.52 Å². The van der Waals surface area contributed by atoms with E-state index in [0.29, 0.717) is 11.7 Å². The van der Waals surface area contributed by atoms with Gasteiger partial charge in [0, 0.05) is 26.6 Å². The second-order valence-electron chi connectivity index (χ2n) is 6.06. The van der Waals surface area contributed by atoms with Crippen LogP contribution in [0.1, 0.15) is 56.7 Å². The van der Waals surface area contributed by atoms with Gasteiger partial charge < -0.3 is 15.2 Å². The van der Waals surface area contributed by atoms with Crippen molar-refractivity contribution in [1.29, 1.82) is 0 Å². The second kappa shape index (κ2) is 9.43. The van der Waals surface area contributed by atoms with Crippen molar-refractivity contribution in [3.8, 4) is 0 Å². The lowest BCUT2D eigenvalue weighted by Gasteiger charge is -2.13. The summed E-state index contributed by atoms with van der Waals surface area (Å²) in [6, 6.07) is 0. The predicted octanol–water partition coefficient (Wildman–Crippen LogP) is 2.45. The molecule has 1 fully saturated rings. The molecule has 22 heavy (non-hydrogen) atoms. The van der Waals surface area contributed by atoms with Crippen LogP contribution in [0.2, 0.25) is 0 Å². The molecule has 2 N–H and O–H groups in total. The minimum atomic E-state index is 0.697. The van der Waals surface area contributed by atoms with E-state index in [1.807, 2.05) is 14.0 Å². The van der Waals surface area contributed by atoms with Crippen molar-refractivity contribution in [3.63, 3.8) is 0 Å². The van der Waals surface area contributed by atoms with Crippen LogP contribution in [0.15, 0.2) is 9.52 Å². The normalized spacial score (nSPS) is 16.2. The Morgan fingerprint density at radius 3 is 2.59 bits per heavy atom. The molecule has 6 heteroatoms. The number of aliphatic imine (C=N–C) groups is 1. The molecule has 1 heterocycles. The molecule has 0 atom stereocenters. The maximum absolute atomic E-state index is 5.09. The molecule has 1 aliphatic rings. The first-order chi connectivity index (χ1) is 10.8. The van der Waals surface area contributed by atoms with E-state index in [2.05, 4.69) is 25.8 Å². The van der Waals surface area contributed by atoms with Gasteiger partial charge in [-0.1, -0.05) is 30.8 Å². The minimum absolute atomic E-state index is 0.697. The summed E-state index contributed by atoms with van der Waals surface area (Å²) in [4.78, 5) is 8.44. The monoisotopic (exact) mass is 307 g/mol. The molecule has 0 spiro atoms. The fourth-order valence-electron chi connectivity index (χ4n) is 3.01. The number of hydrogen-bond donors (Lipinski definition) is 2. The third-order valence-corrected chi connectivity index (χ3v) is 4.21. The fraction of sp³-hybridized carbons (Fsp3) is 0.812. The van der Waals surface area contributed by atoms with E-state index in [1.165, 1.54) is 38.5 Å². The van der Waals surface area contributed by atoms with Gasteiger partial charge in [0.15, 0.2) is 11.8 Å². The maximum atomic E-state index is 5.09. The maximum Gasteiger partial charge on any atom is 0.226 e. The van der Waals surface area contributed by atoms with Crippen LogP contribution in [-0.2, 0) is 6.42 Å². The third kappa shape index (κ3) is 6.03. The molecule has 2 rings (SSSR count). The summed E-state index contributed by atoms with van der Waals surface area (Å²) >= 11 is 0. The molecule has 6 nitrogen and oxygen atoms in total. The van der Waals surface area contributed by atoms with E-state index < -0.39 is 0 Å². The van der Waals surface area contributed by atoms with Gasteiger partial charge >= 0.3 is 0 Å². The molecule has 0 unspecified atom stereocenters. The molecule has 0 amide bonds. The van der Waals surface area contributed by atoms with E-state index in [0.717, 1.165) is 37.8 Å². The van der Waals surface area contributed by atoms with Crippen LogP contribution in [0.25, 0.3) is 0 Å². The van der Waals surface area contributed by atoms with Gasteiger partial charge in [-0.25, -0.2) is 0 Å². The first-order valence-corrected chi connectivity index (χ1v) is 8.51. The average Bonchev–Trinajstić information content (AvgIpc) is 3.17. The smallest absolute Gasteiger partial charge is 0.226 e. The summed E-state index contributed by atoms with van der Waals surface area (Å²) in [5, 5.41) is 10.5. The van der Waals surface area contributed by atoms with Gasteiger partial charge in [-0.3, -0.25) is 4.99 Å². The number of hydrogen-bond acceptors (Lipinski definition) is 4. The number of nitrogens with one attached hydrogen (secondary N) is 2. The molecule has 124 valence electrons. The SMILES string of the molecule is CN=C(NCCCc1nc(C)no1)NCCCC1CCCC1. The summed E-state index contributed by atoms with van der Waals surface area (Å²) in [6.07, 6.45) is 10.1. The van der Waals surface area contributed by atoms with E-state index in [4.69, 9.17) is 4.52 Å². The Labute approximate surface area is 133 Å². The number of aryl methyl sites for hydroxylation is 2.